The molecule has 0 aliphatic carbocycles. The molecule has 1 rings (SSSR count). The van der Waals surface area contributed by atoms with Gasteiger partial charge in [0.25, 0.3) is 0 Å². The van der Waals surface area contributed by atoms with E-state index in [-0.39, 0.29) is 18.4 Å². The summed E-state index contributed by atoms with van der Waals surface area (Å²) in [5.41, 5.74) is 1.59. The minimum absolute atomic E-state index is 0.0145. The van der Waals surface area contributed by atoms with Crippen LogP contribution in [-0.2, 0) is 9.59 Å². The van der Waals surface area contributed by atoms with Crippen LogP contribution < -0.4 is 16.0 Å². The zero-order valence-corrected chi connectivity index (χ0v) is 11.5. The molecule has 104 valence electrons. The maximum Gasteiger partial charge on any atom is 0.239 e. The van der Waals surface area contributed by atoms with E-state index in [4.69, 9.17) is 0 Å². The summed E-state index contributed by atoms with van der Waals surface area (Å²) in [6.45, 7) is 4.52. The van der Waals surface area contributed by atoms with E-state index in [0.717, 1.165) is 30.8 Å². The number of unbranched alkanes of at least 4 members (excludes halogenated alkanes) is 1. The van der Waals surface area contributed by atoms with Gasteiger partial charge in [-0.1, -0.05) is 13.3 Å². The summed E-state index contributed by atoms with van der Waals surface area (Å²) in [7, 11) is 0. The summed E-state index contributed by atoms with van der Waals surface area (Å²) >= 11 is 0. The fourth-order valence-corrected chi connectivity index (χ4v) is 1.52. The maximum atomic E-state index is 11.5. The van der Waals surface area contributed by atoms with Gasteiger partial charge in [-0.2, -0.15) is 0 Å². The van der Waals surface area contributed by atoms with Crippen LogP contribution in [0.3, 0.4) is 0 Å². The molecule has 0 fully saturated rings. The summed E-state index contributed by atoms with van der Waals surface area (Å²) in [6.07, 6.45) is 2.06. The van der Waals surface area contributed by atoms with Crippen molar-refractivity contribution in [1.29, 1.82) is 0 Å². The molecule has 2 amide bonds. The lowest BCUT2D eigenvalue weighted by atomic mass is 10.2. The molecular formula is C14H21N3O2. The average molecular weight is 263 g/mol. The largest absolute Gasteiger partial charge is 0.376 e. The first kappa shape index (κ1) is 15.0. The van der Waals surface area contributed by atoms with Crippen LogP contribution in [0.1, 0.15) is 26.7 Å². The molecule has 0 radical (unpaired) electrons. The van der Waals surface area contributed by atoms with Crippen molar-refractivity contribution in [2.75, 3.05) is 23.7 Å². The molecule has 0 aliphatic heterocycles. The van der Waals surface area contributed by atoms with Crippen LogP contribution in [0, 0.1) is 0 Å². The highest BCUT2D eigenvalue weighted by Gasteiger charge is 2.00. The Morgan fingerprint density at radius 3 is 2.32 bits per heavy atom. The predicted octanol–water partition coefficient (Wildman–Crippen LogP) is 1.97. The highest BCUT2D eigenvalue weighted by molar-refractivity contribution is 5.88. The molecule has 3 N–H and O–H groups in total. The highest BCUT2D eigenvalue weighted by atomic mass is 16.2. The quantitative estimate of drug-likeness (QED) is 0.659. The van der Waals surface area contributed by atoms with Crippen molar-refractivity contribution in [3.8, 4) is 0 Å². The fraction of sp³-hybridized carbons (Fsp3) is 0.429. The van der Waals surface area contributed by atoms with Crippen molar-refractivity contribution < 1.29 is 9.59 Å². The lowest BCUT2D eigenvalue weighted by Gasteiger charge is -2.08. The third-order valence-corrected chi connectivity index (χ3v) is 2.51. The Morgan fingerprint density at radius 2 is 1.74 bits per heavy atom. The third kappa shape index (κ3) is 6.45. The predicted molar refractivity (Wildman–Crippen MR) is 77.2 cm³/mol. The van der Waals surface area contributed by atoms with E-state index in [0.29, 0.717) is 0 Å². The van der Waals surface area contributed by atoms with Crippen LogP contribution >= 0.6 is 0 Å². The molecule has 0 aliphatic rings. The van der Waals surface area contributed by atoms with Gasteiger partial charge in [0.1, 0.15) is 0 Å². The summed E-state index contributed by atoms with van der Waals surface area (Å²) in [5, 5.41) is 8.55. The van der Waals surface area contributed by atoms with Crippen molar-refractivity contribution in [3.05, 3.63) is 24.3 Å². The van der Waals surface area contributed by atoms with Crippen LogP contribution in [0.25, 0.3) is 0 Å². The minimum atomic E-state index is -0.101. The first-order chi connectivity index (χ1) is 9.11. The summed E-state index contributed by atoms with van der Waals surface area (Å²) < 4.78 is 0. The summed E-state index contributed by atoms with van der Waals surface area (Å²) in [6, 6.07) is 7.23. The zero-order valence-electron chi connectivity index (χ0n) is 11.5. The Bertz CT molecular complexity index is 415. The Hall–Kier alpha value is -2.04. The first-order valence-electron chi connectivity index (χ1n) is 6.50. The Balaban J connectivity index is 2.33. The third-order valence-electron chi connectivity index (χ3n) is 2.51. The lowest BCUT2D eigenvalue weighted by Crippen LogP contribution is -2.30. The van der Waals surface area contributed by atoms with E-state index in [9.17, 15) is 9.59 Å². The number of nitrogens with one attached hydrogen (secondary N) is 3. The maximum absolute atomic E-state index is 11.5. The lowest BCUT2D eigenvalue weighted by molar-refractivity contribution is -0.119. The van der Waals surface area contributed by atoms with Gasteiger partial charge in [-0.05, 0) is 30.7 Å². The molecule has 0 aromatic heterocycles. The van der Waals surface area contributed by atoms with E-state index in [1.807, 2.05) is 12.1 Å². The number of rotatable bonds is 7. The normalized spacial score (nSPS) is 9.79. The van der Waals surface area contributed by atoms with Gasteiger partial charge in [0.2, 0.25) is 11.8 Å². The summed E-state index contributed by atoms with van der Waals surface area (Å²) in [5.74, 6) is -0.115. The van der Waals surface area contributed by atoms with E-state index in [1.165, 1.54) is 6.92 Å². The molecule has 19 heavy (non-hydrogen) atoms. The molecular weight excluding hydrogens is 242 g/mol. The number of hydrogen-bond donors (Lipinski definition) is 3. The molecule has 5 heteroatoms. The smallest absolute Gasteiger partial charge is 0.239 e. The first-order valence-corrected chi connectivity index (χ1v) is 6.50. The molecule has 0 heterocycles. The highest BCUT2D eigenvalue weighted by Crippen LogP contribution is 2.12. The number of hydrogen-bond acceptors (Lipinski definition) is 3. The second-order valence-electron chi connectivity index (χ2n) is 4.32. The minimum Gasteiger partial charge on any atom is -0.376 e. The van der Waals surface area contributed by atoms with Crippen LogP contribution in [0.5, 0.6) is 0 Å². The van der Waals surface area contributed by atoms with Gasteiger partial charge < -0.3 is 16.0 Å². The number of anilines is 2. The Morgan fingerprint density at radius 1 is 1.11 bits per heavy atom. The van der Waals surface area contributed by atoms with E-state index in [1.54, 1.807) is 12.1 Å². The van der Waals surface area contributed by atoms with Crippen LogP contribution in [0.15, 0.2) is 24.3 Å². The number of carbonyl (C=O) groups is 2. The van der Waals surface area contributed by atoms with Gasteiger partial charge in [-0.3, -0.25) is 9.59 Å². The molecule has 1 aromatic carbocycles. The molecule has 0 spiro atoms. The molecule has 0 saturated carbocycles. The van der Waals surface area contributed by atoms with E-state index in [2.05, 4.69) is 22.9 Å². The van der Waals surface area contributed by atoms with Gasteiger partial charge in [0, 0.05) is 24.8 Å². The van der Waals surface area contributed by atoms with Gasteiger partial charge in [-0.15, -0.1) is 0 Å². The van der Waals surface area contributed by atoms with Crippen molar-refractivity contribution >= 4 is 23.2 Å². The topological polar surface area (TPSA) is 70.2 Å². The van der Waals surface area contributed by atoms with Crippen LogP contribution in [-0.4, -0.2) is 24.9 Å². The molecule has 0 bridgehead atoms. The molecule has 5 nitrogen and oxygen atoms in total. The van der Waals surface area contributed by atoms with E-state index >= 15 is 0 Å². The Labute approximate surface area is 113 Å². The summed E-state index contributed by atoms with van der Waals surface area (Å²) in [4.78, 5) is 22.3. The van der Waals surface area contributed by atoms with Crippen LogP contribution in [0.2, 0.25) is 0 Å². The van der Waals surface area contributed by atoms with Gasteiger partial charge >= 0.3 is 0 Å². The molecule has 0 unspecified atom stereocenters. The van der Waals surface area contributed by atoms with Gasteiger partial charge in [-0.25, -0.2) is 0 Å². The number of amides is 2. The van der Waals surface area contributed by atoms with Gasteiger partial charge in [0.15, 0.2) is 0 Å². The molecule has 0 saturated heterocycles. The SMILES string of the molecule is CCCCNC(=O)CNc1ccc(NC(C)=O)cc1. The standard InChI is InChI=1S/C14H21N3O2/c1-3-4-9-15-14(19)10-16-12-5-7-13(8-6-12)17-11(2)18/h5-8,16H,3-4,9-10H2,1-2H3,(H,15,19)(H,17,18). The second kappa shape index (κ2) is 8.13. The van der Waals surface area contributed by atoms with E-state index < -0.39 is 0 Å². The molecule has 1 aromatic rings. The average Bonchev–Trinajstić information content (AvgIpc) is 2.37. The monoisotopic (exact) mass is 263 g/mol. The van der Waals surface area contributed by atoms with Crippen molar-refractivity contribution in [3.63, 3.8) is 0 Å². The second-order valence-corrected chi connectivity index (χ2v) is 4.32. The number of carbonyl (C=O) groups excluding carboxylic acids is 2. The van der Waals surface area contributed by atoms with Gasteiger partial charge in [0.05, 0.1) is 6.54 Å². The van der Waals surface area contributed by atoms with Crippen molar-refractivity contribution in [1.82, 2.24) is 5.32 Å². The fourth-order valence-electron chi connectivity index (χ4n) is 1.52. The van der Waals surface area contributed by atoms with Crippen molar-refractivity contribution in [2.24, 2.45) is 0 Å². The number of benzene rings is 1. The zero-order chi connectivity index (χ0) is 14.1. The van der Waals surface area contributed by atoms with Crippen LogP contribution in [0.4, 0.5) is 11.4 Å². The Kier molecular flexibility index (Phi) is 6.43. The van der Waals surface area contributed by atoms with Crippen molar-refractivity contribution in [2.45, 2.75) is 26.7 Å². The molecule has 0 atom stereocenters.